The van der Waals surface area contributed by atoms with Crippen LogP contribution in [0.4, 0.5) is 0 Å². The summed E-state index contributed by atoms with van der Waals surface area (Å²) in [6.45, 7) is 3.71. The molecule has 2 aliphatic rings. The Balaban J connectivity index is 1.63. The molecule has 0 bridgehead atoms. The highest BCUT2D eigenvalue weighted by Gasteiger charge is 2.29. The summed E-state index contributed by atoms with van der Waals surface area (Å²) in [5.41, 5.74) is 6.24. The van der Waals surface area contributed by atoms with Gasteiger partial charge in [-0.3, -0.25) is 9.59 Å². The molecule has 0 saturated heterocycles. The predicted molar refractivity (Wildman–Crippen MR) is 85.7 cm³/mol. The van der Waals surface area contributed by atoms with E-state index in [2.05, 4.69) is 11.9 Å². The van der Waals surface area contributed by atoms with Crippen molar-refractivity contribution in [1.29, 1.82) is 0 Å². The molecule has 2 amide bonds. The van der Waals surface area contributed by atoms with E-state index in [4.69, 9.17) is 5.73 Å². The zero-order valence-corrected chi connectivity index (χ0v) is 13.8. The number of nitrogens with two attached hydrogens (primary N) is 1. The molecule has 0 unspecified atom stereocenters. The zero-order chi connectivity index (χ0) is 15.7. The van der Waals surface area contributed by atoms with E-state index in [-0.39, 0.29) is 5.92 Å². The topological polar surface area (TPSA) is 76.3 Å². The van der Waals surface area contributed by atoms with Gasteiger partial charge in [-0.05, 0) is 31.6 Å². The first-order valence-corrected chi connectivity index (χ1v) is 8.93. The Morgan fingerprint density at radius 1 is 1.18 bits per heavy atom. The van der Waals surface area contributed by atoms with Crippen molar-refractivity contribution in [2.45, 2.75) is 45.4 Å². The second-order valence-corrected chi connectivity index (χ2v) is 7.62. The van der Waals surface area contributed by atoms with Crippen LogP contribution < -0.4 is 5.73 Å². The molecular weight excluding hydrogens is 298 g/mol. The highest BCUT2D eigenvalue weighted by atomic mass is 32.1. The van der Waals surface area contributed by atoms with Gasteiger partial charge in [0, 0.05) is 36.7 Å². The first kappa shape index (κ1) is 15.5. The fourth-order valence-corrected chi connectivity index (χ4v) is 4.40. The van der Waals surface area contributed by atoms with Gasteiger partial charge in [0.05, 0.1) is 5.69 Å². The Morgan fingerprint density at radius 2 is 1.86 bits per heavy atom. The molecule has 0 radical (unpaired) electrons. The lowest BCUT2D eigenvalue weighted by molar-refractivity contribution is -0.136. The molecule has 1 aliphatic heterocycles. The summed E-state index contributed by atoms with van der Waals surface area (Å²) >= 11 is 1.38. The Labute approximate surface area is 134 Å². The molecule has 3 rings (SSSR count). The third-order valence-corrected chi connectivity index (χ3v) is 6.07. The predicted octanol–water partition coefficient (Wildman–Crippen LogP) is 2.00. The van der Waals surface area contributed by atoms with Crippen LogP contribution in [-0.4, -0.2) is 34.8 Å². The quantitative estimate of drug-likeness (QED) is 0.905. The first-order chi connectivity index (χ1) is 10.5. The van der Waals surface area contributed by atoms with Crippen molar-refractivity contribution >= 4 is 23.2 Å². The Bertz CT molecular complexity index is 550. The van der Waals surface area contributed by atoms with E-state index < -0.39 is 5.91 Å². The summed E-state index contributed by atoms with van der Waals surface area (Å²) in [6.07, 6.45) is 5.91. The minimum atomic E-state index is -0.456. The highest BCUT2D eigenvalue weighted by Crippen LogP contribution is 2.30. The van der Waals surface area contributed by atoms with E-state index in [0.29, 0.717) is 17.5 Å². The maximum atomic E-state index is 12.7. The number of carbonyl (C=O) groups is 2. The van der Waals surface area contributed by atoms with E-state index in [0.717, 1.165) is 48.7 Å². The molecule has 2 N–H and O–H groups in total. The van der Waals surface area contributed by atoms with Gasteiger partial charge < -0.3 is 10.6 Å². The number of carbonyl (C=O) groups excluding carboxylic acids is 2. The van der Waals surface area contributed by atoms with Crippen LogP contribution in [0.25, 0.3) is 0 Å². The van der Waals surface area contributed by atoms with Crippen LogP contribution in [-0.2, 0) is 17.6 Å². The number of hydrogen-bond acceptors (Lipinski definition) is 4. The Hall–Kier alpha value is -1.43. The summed E-state index contributed by atoms with van der Waals surface area (Å²) in [6, 6.07) is 0. The van der Waals surface area contributed by atoms with Crippen LogP contribution in [0.15, 0.2) is 0 Å². The normalized spacial score (nSPS) is 25.4. The van der Waals surface area contributed by atoms with Crippen molar-refractivity contribution in [2.24, 2.45) is 17.6 Å². The number of hydrogen-bond donors (Lipinski definition) is 1. The minimum Gasteiger partial charge on any atom is -0.364 e. The van der Waals surface area contributed by atoms with Crippen molar-refractivity contribution in [1.82, 2.24) is 9.88 Å². The molecular formula is C16H23N3O2S. The standard InChI is InChI=1S/C16H23N3O2S/c1-10-2-4-11(5-3-10)16(21)19-8-6-12-13(7-9-19)22-15(18-12)14(17)20/h10-11H,2-9H2,1H3,(H2,17,20). The number of primary amides is 1. The molecule has 120 valence electrons. The maximum absolute atomic E-state index is 12.7. The summed E-state index contributed by atoms with van der Waals surface area (Å²) in [5, 5.41) is 0.394. The van der Waals surface area contributed by atoms with Crippen LogP contribution >= 0.6 is 11.3 Å². The van der Waals surface area contributed by atoms with Crippen molar-refractivity contribution < 1.29 is 9.59 Å². The van der Waals surface area contributed by atoms with Gasteiger partial charge in [-0.25, -0.2) is 4.98 Å². The lowest BCUT2D eigenvalue weighted by atomic mass is 9.82. The van der Waals surface area contributed by atoms with Crippen LogP contribution in [0.1, 0.15) is 53.0 Å². The fraction of sp³-hybridized carbons (Fsp3) is 0.688. The summed E-state index contributed by atoms with van der Waals surface area (Å²) in [5.74, 6) is 0.831. The third kappa shape index (κ3) is 3.16. The molecule has 0 atom stereocenters. The maximum Gasteiger partial charge on any atom is 0.277 e. The van der Waals surface area contributed by atoms with Gasteiger partial charge in [0.15, 0.2) is 5.01 Å². The number of rotatable bonds is 2. The largest absolute Gasteiger partial charge is 0.364 e. The van der Waals surface area contributed by atoms with Crippen molar-refractivity contribution in [3.8, 4) is 0 Å². The second kappa shape index (κ2) is 6.36. The smallest absolute Gasteiger partial charge is 0.277 e. The van der Waals surface area contributed by atoms with Crippen molar-refractivity contribution in [3.05, 3.63) is 15.6 Å². The second-order valence-electron chi connectivity index (χ2n) is 6.54. The molecule has 0 aromatic carbocycles. The van der Waals surface area contributed by atoms with E-state index in [1.807, 2.05) is 4.90 Å². The SMILES string of the molecule is CC1CCC(C(=O)N2CCc3nc(C(N)=O)sc3CC2)CC1. The monoisotopic (exact) mass is 321 g/mol. The minimum absolute atomic E-state index is 0.210. The zero-order valence-electron chi connectivity index (χ0n) is 13.0. The van der Waals surface area contributed by atoms with Crippen LogP contribution in [0.3, 0.4) is 0 Å². The molecule has 5 nitrogen and oxygen atoms in total. The van der Waals surface area contributed by atoms with Crippen LogP contribution in [0.5, 0.6) is 0 Å². The summed E-state index contributed by atoms with van der Waals surface area (Å²) < 4.78 is 0. The fourth-order valence-electron chi connectivity index (χ4n) is 3.45. The number of fused-ring (bicyclic) bond motifs is 1. The average Bonchev–Trinajstić information content (AvgIpc) is 2.81. The number of amides is 2. The molecule has 6 heteroatoms. The van der Waals surface area contributed by atoms with Crippen molar-refractivity contribution in [3.63, 3.8) is 0 Å². The van der Waals surface area contributed by atoms with E-state index >= 15 is 0 Å². The molecule has 1 aliphatic carbocycles. The number of thiazole rings is 1. The summed E-state index contributed by atoms with van der Waals surface area (Å²) in [7, 11) is 0. The average molecular weight is 321 g/mol. The first-order valence-electron chi connectivity index (χ1n) is 8.11. The van der Waals surface area contributed by atoms with Gasteiger partial charge in [0.1, 0.15) is 0 Å². The Kier molecular flexibility index (Phi) is 4.47. The van der Waals surface area contributed by atoms with Gasteiger partial charge >= 0.3 is 0 Å². The lowest BCUT2D eigenvalue weighted by Gasteiger charge is -2.30. The number of aromatic nitrogens is 1. The van der Waals surface area contributed by atoms with Gasteiger partial charge in [-0.1, -0.05) is 6.92 Å². The molecule has 0 spiro atoms. The highest BCUT2D eigenvalue weighted by molar-refractivity contribution is 7.13. The van der Waals surface area contributed by atoms with Gasteiger partial charge in [-0.2, -0.15) is 0 Å². The molecule has 1 fully saturated rings. The van der Waals surface area contributed by atoms with Crippen LogP contribution in [0, 0.1) is 11.8 Å². The molecule has 1 saturated carbocycles. The molecule has 2 heterocycles. The summed E-state index contributed by atoms with van der Waals surface area (Å²) in [4.78, 5) is 31.4. The molecule has 1 aromatic rings. The van der Waals surface area contributed by atoms with Gasteiger partial charge in [0.2, 0.25) is 5.91 Å². The number of nitrogens with zero attached hydrogens (tertiary/aromatic N) is 2. The van der Waals surface area contributed by atoms with E-state index in [1.54, 1.807) is 0 Å². The van der Waals surface area contributed by atoms with Crippen molar-refractivity contribution in [2.75, 3.05) is 13.1 Å². The van der Waals surface area contributed by atoms with Crippen LogP contribution in [0.2, 0.25) is 0 Å². The molecule has 22 heavy (non-hydrogen) atoms. The van der Waals surface area contributed by atoms with E-state index in [1.165, 1.54) is 24.2 Å². The Morgan fingerprint density at radius 3 is 2.55 bits per heavy atom. The van der Waals surface area contributed by atoms with E-state index in [9.17, 15) is 9.59 Å². The van der Waals surface area contributed by atoms with Gasteiger partial charge in [-0.15, -0.1) is 11.3 Å². The molecule has 1 aromatic heterocycles. The van der Waals surface area contributed by atoms with Gasteiger partial charge in [0.25, 0.3) is 5.91 Å². The lowest BCUT2D eigenvalue weighted by Crippen LogP contribution is -2.39. The third-order valence-electron chi connectivity index (χ3n) is 4.89.